The monoisotopic (exact) mass is 300 g/mol. The summed E-state index contributed by atoms with van der Waals surface area (Å²) in [4.78, 5) is 18.8. The van der Waals surface area contributed by atoms with Gasteiger partial charge in [0.2, 0.25) is 0 Å². The second kappa shape index (κ2) is 6.13. The first-order valence-corrected chi connectivity index (χ1v) is 7.26. The molecular weight excluding hydrogens is 283 g/mol. The summed E-state index contributed by atoms with van der Waals surface area (Å²) in [5.41, 5.74) is 0.830. The quantitative estimate of drug-likeness (QED) is 0.874. The molecule has 0 saturated carbocycles. The van der Waals surface area contributed by atoms with Crippen molar-refractivity contribution in [2.45, 2.75) is 18.9 Å². The van der Waals surface area contributed by atoms with E-state index in [4.69, 9.17) is 4.74 Å². The molecule has 1 amide bonds. The number of carbonyl (C=O) groups is 1. The fourth-order valence-electron chi connectivity index (χ4n) is 2.92. The van der Waals surface area contributed by atoms with Crippen molar-refractivity contribution in [2.75, 3.05) is 13.7 Å². The molecule has 0 radical (unpaired) electrons. The van der Waals surface area contributed by atoms with Crippen LogP contribution in [0.1, 0.15) is 34.9 Å². The zero-order valence-corrected chi connectivity index (χ0v) is 12.3. The smallest absolute Gasteiger partial charge is 0.261 e. The standard InChI is InChI=1S/C17H17FN2O2/c1-22-15-9-4-6-12(18)16(15)17(21)20-11-5-8-14(20)13-7-2-3-10-19-13/h2-4,6-7,9-10,14H,5,8,11H2,1H3/t14-/m1/s1. The average Bonchev–Trinajstić information content (AvgIpc) is 3.04. The van der Waals surface area contributed by atoms with Crippen LogP contribution in [0.4, 0.5) is 4.39 Å². The minimum atomic E-state index is -0.559. The zero-order valence-electron chi connectivity index (χ0n) is 12.3. The summed E-state index contributed by atoms with van der Waals surface area (Å²) < 4.78 is 19.3. The minimum Gasteiger partial charge on any atom is -0.496 e. The SMILES string of the molecule is COc1cccc(F)c1C(=O)N1CCC[C@@H]1c1ccccn1. The number of hydrogen-bond donors (Lipinski definition) is 0. The first-order valence-electron chi connectivity index (χ1n) is 7.26. The van der Waals surface area contributed by atoms with E-state index in [0.717, 1.165) is 18.5 Å². The lowest BCUT2D eigenvalue weighted by Crippen LogP contribution is -2.32. The van der Waals surface area contributed by atoms with Crippen molar-refractivity contribution in [1.82, 2.24) is 9.88 Å². The summed E-state index contributed by atoms with van der Waals surface area (Å²) in [6, 6.07) is 9.93. The van der Waals surface area contributed by atoms with Gasteiger partial charge in [0.15, 0.2) is 0 Å². The highest BCUT2D eigenvalue weighted by Crippen LogP contribution is 2.34. The van der Waals surface area contributed by atoms with E-state index in [-0.39, 0.29) is 23.3 Å². The Morgan fingerprint density at radius 1 is 1.32 bits per heavy atom. The molecule has 0 N–H and O–H groups in total. The van der Waals surface area contributed by atoms with Crippen LogP contribution < -0.4 is 4.74 Å². The molecule has 0 spiro atoms. The molecule has 4 nitrogen and oxygen atoms in total. The molecule has 114 valence electrons. The lowest BCUT2D eigenvalue weighted by molar-refractivity contribution is 0.0724. The number of methoxy groups -OCH3 is 1. The van der Waals surface area contributed by atoms with Gasteiger partial charge in [-0.3, -0.25) is 9.78 Å². The van der Waals surface area contributed by atoms with Crippen LogP contribution in [-0.2, 0) is 0 Å². The second-order valence-electron chi connectivity index (χ2n) is 5.23. The number of carbonyl (C=O) groups excluding carboxylic acids is 1. The summed E-state index contributed by atoms with van der Waals surface area (Å²) >= 11 is 0. The van der Waals surface area contributed by atoms with Crippen molar-refractivity contribution in [3.05, 3.63) is 59.7 Å². The van der Waals surface area contributed by atoms with E-state index in [2.05, 4.69) is 4.98 Å². The predicted molar refractivity (Wildman–Crippen MR) is 80.2 cm³/mol. The molecule has 1 aliphatic heterocycles. The molecule has 2 aromatic rings. The van der Waals surface area contributed by atoms with E-state index in [9.17, 15) is 9.18 Å². The van der Waals surface area contributed by atoms with E-state index in [1.807, 2.05) is 18.2 Å². The van der Waals surface area contributed by atoms with Gasteiger partial charge in [-0.05, 0) is 37.1 Å². The highest BCUT2D eigenvalue weighted by molar-refractivity contribution is 5.97. The molecule has 5 heteroatoms. The Labute approximate surface area is 128 Å². The highest BCUT2D eigenvalue weighted by atomic mass is 19.1. The third-order valence-electron chi connectivity index (χ3n) is 3.95. The Morgan fingerprint density at radius 2 is 2.18 bits per heavy atom. The molecule has 1 aliphatic rings. The van der Waals surface area contributed by atoms with Gasteiger partial charge in [0, 0.05) is 12.7 Å². The van der Waals surface area contributed by atoms with Crippen molar-refractivity contribution >= 4 is 5.91 Å². The second-order valence-corrected chi connectivity index (χ2v) is 5.23. The molecule has 1 atom stereocenters. The van der Waals surface area contributed by atoms with Crippen LogP contribution in [0.25, 0.3) is 0 Å². The van der Waals surface area contributed by atoms with E-state index in [1.165, 1.54) is 19.2 Å². The van der Waals surface area contributed by atoms with Crippen molar-refractivity contribution < 1.29 is 13.9 Å². The van der Waals surface area contributed by atoms with Crippen LogP contribution >= 0.6 is 0 Å². The van der Waals surface area contributed by atoms with Gasteiger partial charge in [-0.15, -0.1) is 0 Å². The van der Waals surface area contributed by atoms with Gasteiger partial charge in [0.25, 0.3) is 5.91 Å². The molecule has 2 heterocycles. The number of likely N-dealkylation sites (tertiary alicyclic amines) is 1. The molecule has 1 saturated heterocycles. The normalized spacial score (nSPS) is 17.5. The number of halogens is 1. The summed E-state index contributed by atoms with van der Waals surface area (Å²) in [5.74, 6) is -0.643. The molecule has 0 aliphatic carbocycles. The van der Waals surface area contributed by atoms with Crippen molar-refractivity contribution in [2.24, 2.45) is 0 Å². The lowest BCUT2D eigenvalue weighted by atomic mass is 10.1. The molecule has 1 fully saturated rings. The molecule has 0 unspecified atom stereocenters. The first-order chi connectivity index (χ1) is 10.7. The van der Waals surface area contributed by atoms with Crippen molar-refractivity contribution in [3.8, 4) is 5.75 Å². The Morgan fingerprint density at radius 3 is 2.91 bits per heavy atom. The van der Waals surface area contributed by atoms with Crippen LogP contribution in [0.2, 0.25) is 0 Å². The molecule has 0 bridgehead atoms. The number of rotatable bonds is 3. The first kappa shape index (κ1) is 14.5. The van der Waals surface area contributed by atoms with Gasteiger partial charge in [-0.2, -0.15) is 0 Å². The third kappa shape index (κ3) is 2.54. The van der Waals surface area contributed by atoms with Gasteiger partial charge < -0.3 is 9.64 Å². The Balaban J connectivity index is 1.95. The largest absolute Gasteiger partial charge is 0.496 e. The van der Waals surface area contributed by atoms with Gasteiger partial charge in [0.05, 0.1) is 18.8 Å². The fourth-order valence-corrected chi connectivity index (χ4v) is 2.92. The summed E-state index contributed by atoms with van der Waals surface area (Å²) in [7, 11) is 1.44. The summed E-state index contributed by atoms with van der Waals surface area (Å²) in [5, 5.41) is 0. The molecule has 1 aromatic carbocycles. The zero-order chi connectivity index (χ0) is 15.5. The van der Waals surface area contributed by atoms with Crippen LogP contribution in [0, 0.1) is 5.82 Å². The maximum Gasteiger partial charge on any atom is 0.261 e. The highest BCUT2D eigenvalue weighted by Gasteiger charge is 2.33. The van der Waals surface area contributed by atoms with Crippen LogP contribution in [-0.4, -0.2) is 29.4 Å². The third-order valence-corrected chi connectivity index (χ3v) is 3.95. The number of ether oxygens (including phenoxy) is 1. The molecular formula is C17H17FN2O2. The number of hydrogen-bond acceptors (Lipinski definition) is 3. The molecule has 3 rings (SSSR count). The van der Waals surface area contributed by atoms with Crippen LogP contribution in [0.5, 0.6) is 5.75 Å². The molecule has 22 heavy (non-hydrogen) atoms. The Bertz CT molecular complexity index is 676. The number of benzene rings is 1. The Hall–Kier alpha value is -2.43. The van der Waals surface area contributed by atoms with E-state index < -0.39 is 5.82 Å². The van der Waals surface area contributed by atoms with Gasteiger partial charge in [-0.1, -0.05) is 12.1 Å². The van der Waals surface area contributed by atoms with E-state index in [0.29, 0.717) is 6.54 Å². The van der Waals surface area contributed by atoms with E-state index >= 15 is 0 Å². The molecule has 1 aromatic heterocycles. The average molecular weight is 300 g/mol. The van der Waals surface area contributed by atoms with Crippen LogP contribution in [0.3, 0.4) is 0 Å². The van der Waals surface area contributed by atoms with Crippen LogP contribution in [0.15, 0.2) is 42.6 Å². The van der Waals surface area contributed by atoms with Crippen molar-refractivity contribution in [3.63, 3.8) is 0 Å². The predicted octanol–water partition coefficient (Wildman–Crippen LogP) is 3.21. The summed E-state index contributed by atoms with van der Waals surface area (Å²) in [6.45, 7) is 0.595. The maximum absolute atomic E-state index is 14.1. The number of nitrogens with zero attached hydrogens (tertiary/aromatic N) is 2. The van der Waals surface area contributed by atoms with E-state index in [1.54, 1.807) is 17.2 Å². The van der Waals surface area contributed by atoms with Gasteiger partial charge in [-0.25, -0.2) is 4.39 Å². The van der Waals surface area contributed by atoms with Gasteiger partial charge >= 0.3 is 0 Å². The fraction of sp³-hybridized carbons (Fsp3) is 0.294. The topological polar surface area (TPSA) is 42.4 Å². The number of amides is 1. The Kier molecular flexibility index (Phi) is 4.04. The minimum absolute atomic E-state index is 0.00664. The maximum atomic E-state index is 14.1. The number of pyridine rings is 1. The lowest BCUT2D eigenvalue weighted by Gasteiger charge is -2.25. The summed E-state index contributed by atoms with van der Waals surface area (Å²) in [6.07, 6.45) is 3.42. The number of aromatic nitrogens is 1. The van der Waals surface area contributed by atoms with Crippen molar-refractivity contribution in [1.29, 1.82) is 0 Å². The van der Waals surface area contributed by atoms with Gasteiger partial charge in [0.1, 0.15) is 17.1 Å².